The van der Waals surface area contributed by atoms with Crippen LogP contribution in [-0.2, 0) is 35.2 Å². The Bertz CT molecular complexity index is 1270. The SMILES string of the molecule is CN(CC(O)C(O)C(O)C(O)CO)C(=O)COc1ccc(CC(CN(CCN(CC(=O)O)CC(=O)O)CC(=O)O)N(CC(=O)O)CC(=O)O)cc1. The molecule has 0 bridgehead atoms. The molecule has 21 nitrogen and oxygen atoms in total. The molecule has 5 atom stereocenters. The minimum absolute atomic E-state index is 0.0103. The maximum absolute atomic E-state index is 12.5. The van der Waals surface area contributed by atoms with Gasteiger partial charge in [0.25, 0.3) is 5.91 Å². The second-order valence-corrected chi connectivity index (χ2v) is 11.7. The number of carbonyl (C=O) groups excluding carboxylic acids is 1. The average molecular weight is 735 g/mol. The highest BCUT2D eigenvalue weighted by Crippen LogP contribution is 2.17. The zero-order valence-corrected chi connectivity index (χ0v) is 27.8. The van der Waals surface area contributed by atoms with Crippen LogP contribution < -0.4 is 4.74 Å². The molecular formula is C30H46N4O17. The molecule has 0 saturated carbocycles. The van der Waals surface area contributed by atoms with Crippen LogP contribution in [0.25, 0.3) is 0 Å². The third-order valence-corrected chi connectivity index (χ3v) is 7.44. The van der Waals surface area contributed by atoms with Crippen molar-refractivity contribution in [3.05, 3.63) is 29.8 Å². The Hall–Kier alpha value is -4.48. The standard InChI is InChI=1S/C30H46N4O17/c1-31(10-21(36)29(49)30(50)22(37)16-35)23(38)17-51-20-4-2-18(3-5-20)8-19(34(14-27(45)46)15-28(47)48)9-32(11-24(39)40)6-7-33(12-25(41)42)13-26(43)44/h2-5,19,21-22,29-30,35-37,49-50H,6-17H2,1H3,(H,39,40)(H,41,42)(H,43,44)(H,45,46)(H,47,48). The molecule has 0 heterocycles. The third kappa shape index (κ3) is 17.8. The van der Waals surface area contributed by atoms with Crippen LogP contribution in [0.5, 0.6) is 5.75 Å². The van der Waals surface area contributed by atoms with Gasteiger partial charge in [0.05, 0.1) is 39.3 Å². The number of aliphatic hydroxyl groups excluding tert-OH is 5. The number of benzene rings is 1. The van der Waals surface area contributed by atoms with E-state index in [1.165, 1.54) is 36.2 Å². The summed E-state index contributed by atoms with van der Waals surface area (Å²) in [5.41, 5.74) is 0.519. The summed E-state index contributed by atoms with van der Waals surface area (Å²) in [6, 6.07) is 5.05. The maximum atomic E-state index is 12.5. The number of carboxylic acids is 5. The normalized spacial score (nSPS) is 14.5. The first-order valence-corrected chi connectivity index (χ1v) is 15.4. The molecule has 0 fully saturated rings. The van der Waals surface area contributed by atoms with Crippen molar-refractivity contribution in [2.24, 2.45) is 0 Å². The predicted octanol–water partition coefficient (Wildman–Crippen LogP) is -4.80. The lowest BCUT2D eigenvalue weighted by atomic mass is 10.0. The van der Waals surface area contributed by atoms with E-state index in [-0.39, 0.29) is 31.8 Å². The minimum Gasteiger partial charge on any atom is -0.484 e. The monoisotopic (exact) mass is 734 g/mol. The summed E-state index contributed by atoms with van der Waals surface area (Å²) in [6.45, 7) is -5.80. The fourth-order valence-corrected chi connectivity index (χ4v) is 4.88. The Morgan fingerprint density at radius 2 is 1.10 bits per heavy atom. The van der Waals surface area contributed by atoms with Crippen LogP contribution in [-0.4, -0.2) is 216 Å². The Kier molecular flexibility index (Phi) is 19.5. The number of carbonyl (C=O) groups is 6. The molecule has 288 valence electrons. The van der Waals surface area contributed by atoms with Gasteiger partial charge in [0, 0.05) is 39.3 Å². The summed E-state index contributed by atoms with van der Waals surface area (Å²) in [6.07, 6.45) is -7.15. The van der Waals surface area contributed by atoms with Crippen LogP contribution in [0.2, 0.25) is 0 Å². The first-order chi connectivity index (χ1) is 23.8. The van der Waals surface area contributed by atoms with Gasteiger partial charge in [-0.1, -0.05) is 12.1 Å². The predicted molar refractivity (Wildman–Crippen MR) is 171 cm³/mol. The lowest BCUT2D eigenvalue weighted by Crippen LogP contribution is -2.51. The van der Waals surface area contributed by atoms with E-state index in [0.29, 0.717) is 5.56 Å². The van der Waals surface area contributed by atoms with Crippen molar-refractivity contribution in [2.75, 3.05) is 79.2 Å². The molecule has 0 aromatic heterocycles. The van der Waals surface area contributed by atoms with Crippen molar-refractivity contribution < 1.29 is 84.6 Å². The van der Waals surface area contributed by atoms with Crippen LogP contribution in [0.4, 0.5) is 0 Å². The number of ether oxygens (including phenoxy) is 1. The molecule has 1 aromatic rings. The Morgan fingerprint density at radius 3 is 1.57 bits per heavy atom. The highest BCUT2D eigenvalue weighted by Gasteiger charge is 2.31. The van der Waals surface area contributed by atoms with Crippen LogP contribution in [0.15, 0.2) is 24.3 Å². The van der Waals surface area contributed by atoms with E-state index < -0.39 is 119 Å². The van der Waals surface area contributed by atoms with E-state index in [1.54, 1.807) is 0 Å². The number of rotatable bonds is 27. The van der Waals surface area contributed by atoms with Gasteiger partial charge in [-0.15, -0.1) is 0 Å². The number of nitrogens with zero attached hydrogens (tertiary/aromatic N) is 4. The maximum Gasteiger partial charge on any atom is 0.317 e. The number of amides is 1. The number of aliphatic hydroxyl groups is 5. The summed E-state index contributed by atoms with van der Waals surface area (Å²) in [7, 11) is 1.28. The number of likely N-dealkylation sites (N-methyl/N-ethyl adjacent to an activating group) is 1. The molecule has 0 spiro atoms. The van der Waals surface area contributed by atoms with Gasteiger partial charge in [0.1, 0.15) is 30.2 Å². The summed E-state index contributed by atoms with van der Waals surface area (Å²) in [5.74, 6) is -7.11. The molecule has 0 aliphatic carbocycles. The number of carboxylic acid groups (broad SMARTS) is 5. The first kappa shape index (κ1) is 44.5. The molecule has 0 aliphatic rings. The topological polar surface area (TPSA) is 327 Å². The molecule has 5 unspecified atom stereocenters. The minimum atomic E-state index is -1.87. The molecule has 21 heteroatoms. The smallest absolute Gasteiger partial charge is 0.317 e. The van der Waals surface area contributed by atoms with Crippen molar-refractivity contribution in [3.8, 4) is 5.75 Å². The van der Waals surface area contributed by atoms with Crippen LogP contribution >= 0.6 is 0 Å². The highest BCUT2D eigenvalue weighted by molar-refractivity contribution is 5.77. The van der Waals surface area contributed by atoms with Crippen molar-refractivity contribution in [1.82, 2.24) is 19.6 Å². The summed E-state index contributed by atoms with van der Waals surface area (Å²) in [5, 5.41) is 94.9. The molecule has 1 amide bonds. The molecule has 1 aromatic carbocycles. The summed E-state index contributed by atoms with van der Waals surface area (Å²) >= 11 is 0. The van der Waals surface area contributed by atoms with Crippen molar-refractivity contribution in [2.45, 2.75) is 36.9 Å². The third-order valence-electron chi connectivity index (χ3n) is 7.44. The molecule has 0 aliphatic heterocycles. The second-order valence-electron chi connectivity index (χ2n) is 11.7. The van der Waals surface area contributed by atoms with E-state index in [4.69, 9.17) is 20.1 Å². The molecule has 10 N–H and O–H groups in total. The van der Waals surface area contributed by atoms with Crippen molar-refractivity contribution in [3.63, 3.8) is 0 Å². The second kappa shape index (κ2) is 22.4. The Labute approximate surface area is 291 Å². The largest absolute Gasteiger partial charge is 0.484 e. The van der Waals surface area contributed by atoms with Crippen molar-refractivity contribution >= 4 is 35.8 Å². The number of hydrogen-bond acceptors (Lipinski definition) is 15. The Morgan fingerprint density at radius 1 is 0.647 bits per heavy atom. The van der Waals surface area contributed by atoms with E-state index >= 15 is 0 Å². The van der Waals surface area contributed by atoms with Crippen LogP contribution in [0.3, 0.4) is 0 Å². The lowest BCUT2D eigenvalue weighted by Gasteiger charge is -2.34. The highest BCUT2D eigenvalue weighted by atomic mass is 16.5. The molecular weight excluding hydrogens is 688 g/mol. The van der Waals surface area contributed by atoms with Gasteiger partial charge in [0.15, 0.2) is 6.61 Å². The van der Waals surface area contributed by atoms with E-state index in [0.717, 1.165) is 14.7 Å². The average Bonchev–Trinajstić information content (AvgIpc) is 3.03. The van der Waals surface area contributed by atoms with Gasteiger partial charge in [-0.3, -0.25) is 43.5 Å². The summed E-state index contributed by atoms with van der Waals surface area (Å²) < 4.78 is 5.48. The summed E-state index contributed by atoms with van der Waals surface area (Å²) in [4.78, 5) is 74.4. The van der Waals surface area contributed by atoms with E-state index in [9.17, 15) is 64.5 Å². The fraction of sp³-hybridized carbons (Fsp3) is 0.600. The molecule has 1 rings (SSSR count). The van der Waals surface area contributed by atoms with Crippen LogP contribution in [0.1, 0.15) is 5.56 Å². The fourth-order valence-electron chi connectivity index (χ4n) is 4.88. The zero-order valence-electron chi connectivity index (χ0n) is 27.8. The van der Waals surface area contributed by atoms with Crippen molar-refractivity contribution in [1.29, 1.82) is 0 Å². The molecule has 51 heavy (non-hydrogen) atoms. The van der Waals surface area contributed by atoms with Gasteiger partial charge < -0.3 is 60.7 Å². The van der Waals surface area contributed by atoms with E-state index in [2.05, 4.69) is 0 Å². The van der Waals surface area contributed by atoms with Crippen LogP contribution in [0, 0.1) is 0 Å². The zero-order chi connectivity index (χ0) is 38.8. The molecule has 0 saturated heterocycles. The lowest BCUT2D eigenvalue weighted by molar-refractivity contribution is -0.144. The first-order valence-electron chi connectivity index (χ1n) is 15.4. The quantitative estimate of drug-likeness (QED) is 0.0405. The van der Waals surface area contributed by atoms with Gasteiger partial charge in [-0.25, -0.2) is 0 Å². The molecule has 0 radical (unpaired) electrons. The number of aliphatic carboxylic acids is 5. The van der Waals surface area contributed by atoms with Gasteiger partial charge >= 0.3 is 29.8 Å². The van der Waals surface area contributed by atoms with E-state index in [1.807, 2.05) is 0 Å². The van der Waals surface area contributed by atoms with Gasteiger partial charge in [0.2, 0.25) is 0 Å². The Balaban J connectivity index is 3.10. The van der Waals surface area contributed by atoms with Gasteiger partial charge in [-0.2, -0.15) is 0 Å². The number of hydrogen-bond donors (Lipinski definition) is 10. The van der Waals surface area contributed by atoms with Gasteiger partial charge in [-0.05, 0) is 24.1 Å².